The molecule has 5 nitrogen and oxygen atoms in total. The molecular formula is C11H12N4O. The minimum atomic E-state index is 0.324. The van der Waals surface area contributed by atoms with Crippen molar-refractivity contribution >= 4 is 0 Å². The number of rotatable bonds is 3. The van der Waals surface area contributed by atoms with Crippen molar-refractivity contribution in [3.8, 4) is 11.4 Å². The highest BCUT2D eigenvalue weighted by Gasteiger charge is 2.14. The lowest BCUT2D eigenvalue weighted by Crippen LogP contribution is -2.31. The molecule has 82 valence electrons. The van der Waals surface area contributed by atoms with Crippen LogP contribution < -0.4 is 4.85 Å². The lowest BCUT2D eigenvalue weighted by molar-refractivity contribution is -0.661. The van der Waals surface area contributed by atoms with Gasteiger partial charge in [-0.25, -0.2) is 0 Å². The van der Waals surface area contributed by atoms with Gasteiger partial charge in [0.05, 0.1) is 15.9 Å². The monoisotopic (exact) mass is 216 g/mol. The molecule has 1 aromatic carbocycles. The topological polar surface area (TPSA) is 57.6 Å². The van der Waals surface area contributed by atoms with E-state index < -0.39 is 0 Å². The Kier molecular flexibility index (Phi) is 2.95. The van der Waals surface area contributed by atoms with Crippen LogP contribution in [0.4, 0.5) is 0 Å². The van der Waals surface area contributed by atoms with Gasteiger partial charge in [0.2, 0.25) is 0 Å². The molecule has 0 fully saturated rings. The average molecular weight is 216 g/mol. The van der Waals surface area contributed by atoms with Gasteiger partial charge in [0, 0.05) is 0 Å². The second-order valence-corrected chi connectivity index (χ2v) is 3.28. The molecule has 2 rings (SSSR count). The third kappa shape index (κ3) is 2.08. The maximum atomic E-state index is 11.5. The Morgan fingerprint density at radius 2 is 2.12 bits per heavy atom. The molecule has 0 aliphatic heterocycles. The van der Waals surface area contributed by atoms with Crippen LogP contribution in [0.3, 0.4) is 0 Å². The Morgan fingerprint density at radius 3 is 2.81 bits per heavy atom. The smallest absolute Gasteiger partial charge is 0.330 e. The zero-order chi connectivity index (χ0) is 11.4. The number of nitrogens with zero attached hydrogens (tertiary/aromatic N) is 4. The first-order chi connectivity index (χ1) is 7.81. The lowest BCUT2D eigenvalue weighted by Gasteiger charge is -1.96. The van der Waals surface area contributed by atoms with Crippen LogP contribution in [0.25, 0.3) is 11.4 Å². The second kappa shape index (κ2) is 4.57. The highest BCUT2D eigenvalue weighted by atomic mass is 16.5. The van der Waals surface area contributed by atoms with Crippen molar-refractivity contribution in [2.45, 2.75) is 13.5 Å². The predicted octanol–water partition coefficient (Wildman–Crippen LogP) is 1.15. The van der Waals surface area contributed by atoms with Gasteiger partial charge in [0.25, 0.3) is 0 Å². The van der Waals surface area contributed by atoms with Crippen LogP contribution in [0.15, 0.2) is 42.5 Å². The first kappa shape index (κ1) is 10.4. The van der Waals surface area contributed by atoms with Crippen LogP contribution >= 0.6 is 0 Å². The summed E-state index contributed by atoms with van der Waals surface area (Å²) >= 11 is 0. The van der Waals surface area contributed by atoms with E-state index in [-0.39, 0.29) is 0 Å². The van der Waals surface area contributed by atoms with Gasteiger partial charge in [-0.05, 0) is 29.9 Å². The molecule has 16 heavy (non-hydrogen) atoms. The van der Waals surface area contributed by atoms with Crippen molar-refractivity contribution in [1.29, 1.82) is 0 Å². The molecular weight excluding hydrogens is 204 g/mol. The van der Waals surface area contributed by atoms with Gasteiger partial charge < -0.3 is 5.21 Å². The SMILES string of the molecule is C/C=C/Cn1nc(-c2ccccc2)[n+]([O-])n1. The molecule has 1 aromatic heterocycles. The predicted molar refractivity (Wildman–Crippen MR) is 59.2 cm³/mol. The van der Waals surface area contributed by atoms with Gasteiger partial charge in [0.1, 0.15) is 6.54 Å². The zero-order valence-electron chi connectivity index (χ0n) is 8.95. The number of allylic oxidation sites excluding steroid dienone is 2. The van der Waals surface area contributed by atoms with Crippen LogP contribution in [-0.4, -0.2) is 15.1 Å². The summed E-state index contributed by atoms with van der Waals surface area (Å²) in [6.45, 7) is 2.42. The number of hydrogen-bond acceptors (Lipinski definition) is 3. The standard InChI is InChI=1S/C11H12N4O/c1-2-3-9-14-12-11(15(16)13-14)10-7-5-4-6-8-10/h2-8H,9H2,1H3/b3-2+. The van der Waals surface area contributed by atoms with Gasteiger partial charge in [-0.3, -0.25) is 0 Å². The maximum absolute atomic E-state index is 11.5. The summed E-state index contributed by atoms with van der Waals surface area (Å²) in [5.41, 5.74) is 0.768. The van der Waals surface area contributed by atoms with Crippen molar-refractivity contribution in [2.75, 3.05) is 0 Å². The van der Waals surface area contributed by atoms with Gasteiger partial charge in [-0.15, -0.1) is 4.85 Å². The Bertz CT molecular complexity index is 490. The fraction of sp³-hybridized carbons (Fsp3) is 0.182. The van der Waals surface area contributed by atoms with Crippen molar-refractivity contribution in [3.05, 3.63) is 47.7 Å². The van der Waals surface area contributed by atoms with Gasteiger partial charge in [-0.2, -0.15) is 0 Å². The van der Waals surface area contributed by atoms with Crippen molar-refractivity contribution in [2.24, 2.45) is 0 Å². The van der Waals surface area contributed by atoms with E-state index in [1.165, 1.54) is 4.80 Å². The number of tetrazole rings is 1. The normalized spacial score (nSPS) is 11.1. The molecule has 2 aromatic rings. The molecule has 0 bridgehead atoms. The van der Waals surface area contributed by atoms with E-state index in [4.69, 9.17) is 0 Å². The summed E-state index contributed by atoms with van der Waals surface area (Å²) in [4.78, 5) is 1.91. The van der Waals surface area contributed by atoms with E-state index in [1.807, 2.05) is 49.4 Å². The number of benzene rings is 1. The van der Waals surface area contributed by atoms with Crippen LogP contribution in [-0.2, 0) is 6.54 Å². The highest BCUT2D eigenvalue weighted by molar-refractivity contribution is 5.50. The van der Waals surface area contributed by atoms with E-state index >= 15 is 0 Å². The zero-order valence-corrected chi connectivity index (χ0v) is 8.95. The molecule has 0 aliphatic carbocycles. The minimum absolute atomic E-state index is 0.324. The number of aromatic nitrogens is 4. The Hall–Kier alpha value is -2.17. The first-order valence-electron chi connectivity index (χ1n) is 5.03. The summed E-state index contributed by atoms with van der Waals surface area (Å²) in [5.74, 6) is 0.324. The molecule has 0 saturated carbocycles. The first-order valence-corrected chi connectivity index (χ1v) is 5.03. The summed E-state index contributed by atoms with van der Waals surface area (Å²) in [6.07, 6.45) is 3.77. The van der Waals surface area contributed by atoms with Gasteiger partial charge in [-0.1, -0.05) is 24.3 Å². The highest BCUT2D eigenvalue weighted by Crippen LogP contribution is 2.10. The van der Waals surface area contributed by atoms with Crippen molar-refractivity contribution in [1.82, 2.24) is 15.1 Å². The maximum Gasteiger partial charge on any atom is 0.330 e. The molecule has 0 N–H and O–H groups in total. The third-order valence-electron chi connectivity index (χ3n) is 2.11. The average Bonchev–Trinajstić information content (AvgIpc) is 2.69. The molecule has 0 spiro atoms. The fourth-order valence-corrected chi connectivity index (χ4v) is 1.34. The second-order valence-electron chi connectivity index (χ2n) is 3.28. The largest absolute Gasteiger partial charge is 0.721 e. The molecule has 0 aliphatic rings. The summed E-state index contributed by atoms with van der Waals surface area (Å²) < 4.78 is 0. The Labute approximate surface area is 93.2 Å². The molecule has 5 heteroatoms. The third-order valence-corrected chi connectivity index (χ3v) is 2.11. The fourth-order valence-electron chi connectivity index (χ4n) is 1.34. The van der Waals surface area contributed by atoms with Crippen molar-refractivity contribution < 1.29 is 4.85 Å². The molecule has 0 unspecified atom stereocenters. The quantitative estimate of drug-likeness (QED) is 0.439. The van der Waals surface area contributed by atoms with E-state index in [9.17, 15) is 5.21 Å². The van der Waals surface area contributed by atoms with Gasteiger partial charge >= 0.3 is 5.82 Å². The van der Waals surface area contributed by atoms with Crippen LogP contribution in [0.2, 0.25) is 0 Å². The minimum Gasteiger partial charge on any atom is -0.721 e. The van der Waals surface area contributed by atoms with Crippen LogP contribution in [0, 0.1) is 5.21 Å². The van der Waals surface area contributed by atoms with E-state index in [0.29, 0.717) is 17.2 Å². The molecule has 0 saturated heterocycles. The van der Waals surface area contributed by atoms with E-state index in [1.54, 1.807) is 0 Å². The van der Waals surface area contributed by atoms with E-state index in [0.717, 1.165) is 5.56 Å². The number of hydrogen-bond donors (Lipinski definition) is 0. The summed E-state index contributed by atoms with van der Waals surface area (Å²) in [5, 5.41) is 19.4. The lowest BCUT2D eigenvalue weighted by atomic mass is 10.2. The van der Waals surface area contributed by atoms with Crippen LogP contribution in [0.5, 0.6) is 0 Å². The molecule has 0 radical (unpaired) electrons. The van der Waals surface area contributed by atoms with Crippen molar-refractivity contribution in [3.63, 3.8) is 0 Å². The van der Waals surface area contributed by atoms with Gasteiger partial charge in [0.15, 0.2) is 0 Å². The van der Waals surface area contributed by atoms with Crippen LogP contribution in [0.1, 0.15) is 6.92 Å². The summed E-state index contributed by atoms with van der Waals surface area (Å²) in [6, 6.07) is 9.28. The summed E-state index contributed by atoms with van der Waals surface area (Å²) in [7, 11) is 0. The Balaban J connectivity index is 2.32. The molecule has 0 atom stereocenters. The Morgan fingerprint density at radius 1 is 1.38 bits per heavy atom. The molecule has 1 heterocycles. The molecule has 0 amide bonds. The van der Waals surface area contributed by atoms with E-state index in [2.05, 4.69) is 10.3 Å².